The van der Waals surface area contributed by atoms with Gasteiger partial charge in [0.05, 0.1) is 14.2 Å². The second-order valence-electron chi connectivity index (χ2n) is 16.5. The van der Waals surface area contributed by atoms with Crippen molar-refractivity contribution in [1.29, 1.82) is 0 Å². The third-order valence-electron chi connectivity index (χ3n) is 12.1. The number of nitrogens with zero attached hydrogens (tertiary/aromatic N) is 4. The van der Waals surface area contributed by atoms with Gasteiger partial charge in [0.2, 0.25) is 35.4 Å². The second-order valence-corrected chi connectivity index (χ2v) is 16.5. The number of amides is 6. The number of rotatable bonds is 7. The van der Waals surface area contributed by atoms with Crippen molar-refractivity contribution >= 4 is 41.5 Å². The Balaban J connectivity index is 1.45. The van der Waals surface area contributed by atoms with Crippen LogP contribution in [0.15, 0.2) is 103 Å². The van der Waals surface area contributed by atoms with Gasteiger partial charge < -0.3 is 44.4 Å². The summed E-state index contributed by atoms with van der Waals surface area (Å²) >= 11 is 0. The molecule has 0 radical (unpaired) electrons. The van der Waals surface area contributed by atoms with Gasteiger partial charge in [0.1, 0.15) is 47.8 Å². The van der Waals surface area contributed by atoms with E-state index in [4.69, 9.17) is 14.2 Å². The summed E-state index contributed by atoms with van der Waals surface area (Å²) in [7, 11) is 7.53. The predicted molar refractivity (Wildman–Crippen MR) is 245 cm³/mol. The summed E-state index contributed by atoms with van der Waals surface area (Å²) < 4.78 is 17.2. The van der Waals surface area contributed by atoms with E-state index in [0.717, 1.165) is 5.56 Å². The first-order chi connectivity index (χ1) is 31.1. The molecule has 0 unspecified atom stereocenters. The first-order valence-electron chi connectivity index (χ1n) is 21.6. The predicted octanol–water partition coefficient (Wildman–Crippen LogP) is 4.27. The molecule has 1 saturated heterocycles. The Morgan fingerprint density at radius 2 is 1.26 bits per heavy atom. The molecule has 0 saturated carbocycles. The molecule has 1 fully saturated rings. The summed E-state index contributed by atoms with van der Waals surface area (Å²) in [5, 5.41) is 5.68. The lowest BCUT2D eigenvalue weighted by atomic mass is 9.98. The minimum atomic E-state index is -1.19. The molecule has 3 heterocycles. The van der Waals surface area contributed by atoms with Crippen LogP contribution in [0.1, 0.15) is 43.0 Å². The number of hydrogen-bond donors (Lipinski definition) is 2. The maximum atomic E-state index is 14.9. The Morgan fingerprint density at radius 3 is 1.92 bits per heavy atom. The van der Waals surface area contributed by atoms with Crippen LogP contribution >= 0.6 is 0 Å². The first-order valence-corrected chi connectivity index (χ1v) is 21.6. The quantitative estimate of drug-likeness (QED) is 0.276. The molecule has 15 nitrogen and oxygen atoms in total. The summed E-state index contributed by atoms with van der Waals surface area (Å²) in [6.45, 7) is 4.59. The van der Waals surface area contributed by atoms with E-state index in [-0.39, 0.29) is 25.8 Å². The largest absolute Gasteiger partial charge is 0.497 e. The van der Waals surface area contributed by atoms with Crippen LogP contribution in [0.25, 0.3) is 6.08 Å². The molecule has 6 atom stereocenters. The van der Waals surface area contributed by atoms with Crippen LogP contribution in [0.5, 0.6) is 23.0 Å². The number of nitrogens with one attached hydrogen (secondary N) is 2. The zero-order valence-corrected chi connectivity index (χ0v) is 38.1. The van der Waals surface area contributed by atoms with Gasteiger partial charge in [-0.15, -0.1) is 0 Å². The van der Waals surface area contributed by atoms with E-state index in [1.54, 1.807) is 86.8 Å². The van der Waals surface area contributed by atoms with E-state index < -0.39 is 71.7 Å². The SMILES string of the molecule is COc1ccc(C[C@H]2C(=O)N[C@@H](C)C(=O)N(C)[C@H]3Cc4ccc(cc4)Oc4cc(ccc4OC)C[C@@H](C(=O)N[C@H](C)C(=O)N(C/C=C/c4ccccc4)[C@@H](C)C(=O)N2C)N(C)C3=O)cc1. The number of carbonyl (C=O) groups is 6. The van der Waals surface area contributed by atoms with Gasteiger partial charge >= 0.3 is 0 Å². The fourth-order valence-corrected chi connectivity index (χ4v) is 8.11. The summed E-state index contributed by atoms with van der Waals surface area (Å²) in [6.07, 6.45) is 3.67. The highest BCUT2D eigenvalue weighted by Crippen LogP contribution is 2.34. The molecule has 65 heavy (non-hydrogen) atoms. The molecule has 3 aliphatic heterocycles. The number of hydrogen-bond acceptors (Lipinski definition) is 9. The fourth-order valence-electron chi connectivity index (χ4n) is 8.11. The smallest absolute Gasteiger partial charge is 0.246 e. The molecule has 342 valence electrons. The van der Waals surface area contributed by atoms with Crippen molar-refractivity contribution in [2.45, 2.75) is 76.3 Å². The number of methoxy groups -OCH3 is 2. The average molecular weight is 887 g/mol. The maximum Gasteiger partial charge on any atom is 0.246 e. The highest BCUT2D eigenvalue weighted by Gasteiger charge is 2.40. The molecule has 0 spiro atoms. The van der Waals surface area contributed by atoms with Gasteiger partial charge in [-0.25, -0.2) is 0 Å². The Kier molecular flexibility index (Phi) is 15.3. The zero-order chi connectivity index (χ0) is 46.9. The molecule has 0 aromatic heterocycles. The molecule has 4 aromatic carbocycles. The molecule has 3 aliphatic rings. The van der Waals surface area contributed by atoms with Crippen LogP contribution < -0.4 is 24.8 Å². The Hall–Kier alpha value is -7.16. The van der Waals surface area contributed by atoms with E-state index in [0.29, 0.717) is 39.7 Å². The molecule has 0 aliphatic carbocycles. The highest BCUT2D eigenvalue weighted by molar-refractivity contribution is 5.98. The molecule has 6 bridgehead atoms. The molecule has 15 heteroatoms. The fraction of sp³-hybridized carbons (Fsp3) is 0.360. The molecular formula is C50H58N6O9. The van der Waals surface area contributed by atoms with Gasteiger partial charge in [-0.3, -0.25) is 28.8 Å². The van der Waals surface area contributed by atoms with Crippen molar-refractivity contribution in [1.82, 2.24) is 30.2 Å². The Labute approximate surface area is 380 Å². The normalized spacial score (nSPS) is 22.8. The van der Waals surface area contributed by atoms with Gasteiger partial charge in [0, 0.05) is 47.0 Å². The monoisotopic (exact) mass is 886 g/mol. The second kappa shape index (κ2) is 21.0. The van der Waals surface area contributed by atoms with Crippen LogP contribution in [-0.4, -0.2) is 133 Å². The summed E-state index contributed by atoms with van der Waals surface area (Å²) in [5.74, 6) is -1.56. The first kappa shape index (κ1) is 47.3. The summed E-state index contributed by atoms with van der Waals surface area (Å²) in [6, 6.07) is 21.8. The van der Waals surface area contributed by atoms with E-state index in [2.05, 4.69) is 10.6 Å². The molecule has 4 aromatic rings. The summed E-state index contributed by atoms with van der Waals surface area (Å²) in [5.41, 5.74) is 2.88. The number of fused-ring (bicyclic) bond motifs is 2. The lowest BCUT2D eigenvalue weighted by Gasteiger charge is -2.38. The number of benzene rings is 4. The van der Waals surface area contributed by atoms with Crippen molar-refractivity contribution in [3.05, 3.63) is 125 Å². The van der Waals surface area contributed by atoms with Gasteiger partial charge in [0.15, 0.2) is 11.5 Å². The van der Waals surface area contributed by atoms with Crippen LogP contribution in [0.4, 0.5) is 0 Å². The maximum absolute atomic E-state index is 14.9. The minimum absolute atomic E-state index is 0.0114. The van der Waals surface area contributed by atoms with Crippen molar-refractivity contribution in [3.63, 3.8) is 0 Å². The van der Waals surface area contributed by atoms with Crippen molar-refractivity contribution in [3.8, 4) is 23.0 Å². The van der Waals surface area contributed by atoms with Gasteiger partial charge in [0.25, 0.3) is 0 Å². The van der Waals surface area contributed by atoms with Crippen molar-refractivity contribution in [2.75, 3.05) is 41.9 Å². The number of carbonyl (C=O) groups excluding carboxylic acids is 6. The molecule has 6 amide bonds. The summed E-state index contributed by atoms with van der Waals surface area (Å²) in [4.78, 5) is 93.1. The molecular weight excluding hydrogens is 829 g/mol. The van der Waals surface area contributed by atoms with Crippen LogP contribution in [0.3, 0.4) is 0 Å². The van der Waals surface area contributed by atoms with Crippen molar-refractivity contribution in [2.24, 2.45) is 0 Å². The highest BCUT2D eigenvalue weighted by atomic mass is 16.5. The molecule has 2 N–H and O–H groups in total. The Bertz CT molecular complexity index is 2390. The van der Waals surface area contributed by atoms with E-state index >= 15 is 0 Å². The van der Waals surface area contributed by atoms with Gasteiger partial charge in [-0.05, 0) is 79.4 Å². The van der Waals surface area contributed by atoms with Crippen LogP contribution in [0, 0.1) is 0 Å². The van der Waals surface area contributed by atoms with Gasteiger partial charge in [-0.1, -0.05) is 72.8 Å². The number of ether oxygens (including phenoxy) is 3. The lowest BCUT2D eigenvalue weighted by Crippen LogP contribution is -2.62. The van der Waals surface area contributed by atoms with Crippen molar-refractivity contribution < 1.29 is 43.0 Å². The standard InChI is InChI=1S/C50H58N6O9/c1-31-47(59)55(6)42-28-36-18-23-39(24-19-36)65-44-30-37(20-25-43(44)64-8)29-41(54(5)50(42)62)46(58)52-32(2)48(60)56(26-12-15-34-13-10-9-11-14-34)33(3)49(61)53(4)40(45(57)51-31)27-35-16-21-38(63-7)22-17-35/h9-25,30-33,40-42H,26-29H2,1-8H3,(H,51,57)(H,52,58)/b15-12+/t31-,32+,33-,40-,41-,42-/m0/s1. The minimum Gasteiger partial charge on any atom is -0.497 e. The lowest BCUT2D eigenvalue weighted by molar-refractivity contribution is -0.151. The van der Waals surface area contributed by atoms with Gasteiger partial charge in [-0.2, -0.15) is 0 Å². The third kappa shape index (κ3) is 11.1. The van der Waals surface area contributed by atoms with E-state index in [1.807, 2.05) is 36.4 Å². The topological polar surface area (TPSA) is 167 Å². The van der Waals surface area contributed by atoms with E-state index in [9.17, 15) is 28.8 Å². The van der Waals surface area contributed by atoms with Crippen LogP contribution in [-0.2, 0) is 48.0 Å². The third-order valence-corrected chi connectivity index (χ3v) is 12.1. The van der Waals surface area contributed by atoms with E-state index in [1.165, 1.54) is 61.7 Å². The average Bonchev–Trinajstić information content (AvgIpc) is 3.31. The zero-order valence-electron chi connectivity index (χ0n) is 38.1. The van der Waals surface area contributed by atoms with Crippen LogP contribution in [0.2, 0.25) is 0 Å². The Morgan fingerprint density at radius 1 is 0.646 bits per heavy atom. The molecule has 7 rings (SSSR count). The number of likely N-dealkylation sites (N-methyl/N-ethyl adjacent to an activating group) is 3.